The van der Waals surface area contributed by atoms with E-state index in [0.717, 1.165) is 64.1 Å². The van der Waals surface area contributed by atoms with Crippen molar-refractivity contribution in [3.8, 4) is 0 Å². The largest absolute Gasteiger partial charge is 0.342 e. The van der Waals surface area contributed by atoms with E-state index in [1.54, 1.807) is 0 Å². The molecule has 0 bridgehead atoms. The lowest BCUT2D eigenvalue weighted by Gasteiger charge is -2.36. The van der Waals surface area contributed by atoms with Gasteiger partial charge in [-0.15, -0.1) is 12.4 Å². The van der Waals surface area contributed by atoms with E-state index in [9.17, 15) is 4.79 Å². The summed E-state index contributed by atoms with van der Waals surface area (Å²) in [4.78, 5) is 14.9. The molecule has 2 fully saturated rings. The molecule has 1 aromatic carbocycles. The molecule has 3 rings (SSSR count). The number of carbonyl (C=O) groups is 1. The van der Waals surface area contributed by atoms with Crippen molar-refractivity contribution in [1.29, 1.82) is 0 Å². The average molecular weight is 351 g/mol. The van der Waals surface area contributed by atoms with Gasteiger partial charge in [0, 0.05) is 19.0 Å². The molecule has 4 heteroatoms. The summed E-state index contributed by atoms with van der Waals surface area (Å²) in [5.41, 5.74) is 1.45. The lowest BCUT2D eigenvalue weighted by atomic mass is 9.78. The van der Waals surface area contributed by atoms with Gasteiger partial charge in [-0.1, -0.05) is 30.3 Å². The van der Waals surface area contributed by atoms with Crippen LogP contribution in [0.3, 0.4) is 0 Å². The van der Waals surface area contributed by atoms with Gasteiger partial charge in [-0.05, 0) is 69.5 Å². The fraction of sp³-hybridized carbons (Fsp3) is 0.650. The van der Waals surface area contributed by atoms with E-state index in [2.05, 4.69) is 40.5 Å². The molecule has 1 aliphatic heterocycles. The monoisotopic (exact) mass is 350 g/mol. The zero-order chi connectivity index (χ0) is 16.1. The van der Waals surface area contributed by atoms with Crippen molar-refractivity contribution in [2.45, 2.75) is 44.4 Å². The summed E-state index contributed by atoms with van der Waals surface area (Å²) in [5.74, 6) is 2.11. The lowest BCUT2D eigenvalue weighted by Crippen LogP contribution is -2.43. The highest BCUT2D eigenvalue weighted by atomic mass is 35.5. The van der Waals surface area contributed by atoms with Crippen molar-refractivity contribution in [3.63, 3.8) is 0 Å². The minimum Gasteiger partial charge on any atom is -0.342 e. The standard InChI is InChI=1S/C20H30N2O.ClH/c1-21-15-16-11-13-22(14-12-16)20(23)19-9-7-18(8-10-19)17-5-3-2-4-6-17;/h2-6,16,18-19,21H,7-15H2,1H3;1H. The zero-order valence-corrected chi connectivity index (χ0v) is 15.6. The molecule has 24 heavy (non-hydrogen) atoms. The highest BCUT2D eigenvalue weighted by Gasteiger charge is 2.31. The number of halogens is 1. The third-order valence-corrected chi connectivity index (χ3v) is 5.77. The van der Waals surface area contributed by atoms with Crippen molar-refractivity contribution in [3.05, 3.63) is 35.9 Å². The van der Waals surface area contributed by atoms with Crippen LogP contribution < -0.4 is 5.32 Å². The number of amides is 1. The number of nitrogens with one attached hydrogen (secondary N) is 1. The first-order chi connectivity index (χ1) is 11.3. The van der Waals surface area contributed by atoms with Crippen LogP contribution >= 0.6 is 12.4 Å². The number of hydrogen-bond donors (Lipinski definition) is 1. The maximum atomic E-state index is 12.8. The molecule has 0 atom stereocenters. The summed E-state index contributed by atoms with van der Waals surface area (Å²) in [5, 5.41) is 3.26. The first-order valence-corrected chi connectivity index (χ1v) is 9.26. The van der Waals surface area contributed by atoms with Gasteiger partial charge in [0.25, 0.3) is 0 Å². The van der Waals surface area contributed by atoms with Crippen molar-refractivity contribution in [2.24, 2.45) is 11.8 Å². The molecule has 1 amide bonds. The van der Waals surface area contributed by atoms with Crippen LogP contribution in [-0.4, -0.2) is 37.5 Å². The quantitative estimate of drug-likeness (QED) is 0.894. The molecule has 0 aromatic heterocycles. The summed E-state index contributed by atoms with van der Waals surface area (Å²) in [6.07, 6.45) is 6.77. The van der Waals surface area contributed by atoms with Crippen LogP contribution in [0.15, 0.2) is 30.3 Å². The van der Waals surface area contributed by atoms with Crippen molar-refractivity contribution < 1.29 is 4.79 Å². The molecule has 1 aromatic rings. The van der Waals surface area contributed by atoms with Gasteiger partial charge < -0.3 is 10.2 Å². The minimum absolute atomic E-state index is 0. The van der Waals surface area contributed by atoms with Gasteiger partial charge in [0.15, 0.2) is 0 Å². The predicted molar refractivity (Wildman–Crippen MR) is 102 cm³/mol. The molecule has 2 aliphatic rings. The second-order valence-corrected chi connectivity index (χ2v) is 7.29. The molecular formula is C20H31ClN2O. The summed E-state index contributed by atoms with van der Waals surface area (Å²) in [6, 6.07) is 10.8. The fourth-order valence-corrected chi connectivity index (χ4v) is 4.30. The normalized spacial score (nSPS) is 25.1. The lowest BCUT2D eigenvalue weighted by molar-refractivity contribution is -0.138. The van der Waals surface area contributed by atoms with Gasteiger partial charge in [0.05, 0.1) is 0 Å². The Morgan fingerprint density at radius 1 is 1.04 bits per heavy atom. The van der Waals surface area contributed by atoms with E-state index in [1.807, 2.05) is 7.05 Å². The molecular weight excluding hydrogens is 320 g/mol. The molecule has 1 heterocycles. The van der Waals surface area contributed by atoms with Crippen LogP contribution in [-0.2, 0) is 4.79 Å². The molecule has 1 saturated heterocycles. The number of likely N-dealkylation sites (tertiary alicyclic amines) is 1. The Morgan fingerprint density at radius 2 is 1.67 bits per heavy atom. The fourth-order valence-electron chi connectivity index (χ4n) is 4.30. The maximum Gasteiger partial charge on any atom is 0.225 e. The molecule has 1 aliphatic carbocycles. The molecule has 3 nitrogen and oxygen atoms in total. The van der Waals surface area contributed by atoms with Crippen molar-refractivity contribution >= 4 is 18.3 Å². The van der Waals surface area contributed by atoms with Crippen molar-refractivity contribution in [1.82, 2.24) is 10.2 Å². The number of nitrogens with zero attached hydrogens (tertiary/aromatic N) is 1. The number of benzene rings is 1. The van der Waals surface area contributed by atoms with E-state index in [1.165, 1.54) is 5.56 Å². The molecule has 0 unspecified atom stereocenters. The topological polar surface area (TPSA) is 32.3 Å². The minimum atomic E-state index is 0. The van der Waals surface area contributed by atoms with Crippen LogP contribution in [0.5, 0.6) is 0 Å². The third kappa shape index (κ3) is 4.73. The van der Waals surface area contributed by atoms with Crippen LogP contribution in [0.25, 0.3) is 0 Å². The summed E-state index contributed by atoms with van der Waals surface area (Å²) in [7, 11) is 2.02. The van der Waals surface area contributed by atoms with Gasteiger partial charge in [0.1, 0.15) is 0 Å². The Morgan fingerprint density at radius 3 is 2.25 bits per heavy atom. The highest BCUT2D eigenvalue weighted by Crippen LogP contribution is 2.36. The average Bonchev–Trinajstić information content (AvgIpc) is 2.63. The Kier molecular flexibility index (Phi) is 7.57. The van der Waals surface area contributed by atoms with Gasteiger partial charge in [-0.2, -0.15) is 0 Å². The number of hydrogen-bond acceptors (Lipinski definition) is 2. The van der Waals surface area contributed by atoms with Crippen LogP contribution in [0.2, 0.25) is 0 Å². The number of rotatable bonds is 4. The Bertz CT molecular complexity index is 492. The second-order valence-electron chi connectivity index (χ2n) is 7.29. The Labute approximate surface area is 152 Å². The summed E-state index contributed by atoms with van der Waals surface area (Å²) in [6.45, 7) is 3.01. The van der Waals surface area contributed by atoms with Gasteiger partial charge in [-0.3, -0.25) is 4.79 Å². The molecule has 134 valence electrons. The summed E-state index contributed by atoms with van der Waals surface area (Å²) >= 11 is 0. The van der Waals surface area contributed by atoms with E-state index in [-0.39, 0.29) is 18.3 Å². The molecule has 1 saturated carbocycles. The SMILES string of the molecule is CNCC1CCN(C(=O)C2CCC(c3ccccc3)CC2)CC1.Cl. The number of piperidine rings is 1. The van der Waals surface area contributed by atoms with Crippen LogP contribution in [0, 0.1) is 11.8 Å². The van der Waals surface area contributed by atoms with E-state index in [4.69, 9.17) is 0 Å². The number of carbonyl (C=O) groups excluding carboxylic acids is 1. The van der Waals surface area contributed by atoms with Gasteiger partial charge in [-0.25, -0.2) is 0 Å². The molecule has 0 radical (unpaired) electrons. The highest BCUT2D eigenvalue weighted by molar-refractivity contribution is 5.85. The Hall–Kier alpha value is -1.06. The maximum absolute atomic E-state index is 12.8. The Balaban J connectivity index is 0.00000208. The van der Waals surface area contributed by atoms with Gasteiger partial charge >= 0.3 is 0 Å². The van der Waals surface area contributed by atoms with E-state index < -0.39 is 0 Å². The van der Waals surface area contributed by atoms with Crippen LogP contribution in [0.1, 0.15) is 50.0 Å². The summed E-state index contributed by atoms with van der Waals surface area (Å²) < 4.78 is 0. The predicted octanol–water partition coefficient (Wildman–Crippen LogP) is 3.84. The van der Waals surface area contributed by atoms with E-state index in [0.29, 0.717) is 11.8 Å². The zero-order valence-electron chi connectivity index (χ0n) is 14.7. The van der Waals surface area contributed by atoms with E-state index >= 15 is 0 Å². The van der Waals surface area contributed by atoms with Gasteiger partial charge in [0.2, 0.25) is 5.91 Å². The first kappa shape index (κ1) is 19.3. The first-order valence-electron chi connectivity index (χ1n) is 9.26. The van der Waals surface area contributed by atoms with Crippen LogP contribution in [0.4, 0.5) is 0 Å². The third-order valence-electron chi connectivity index (χ3n) is 5.77. The second kappa shape index (κ2) is 9.43. The molecule has 1 N–H and O–H groups in total. The smallest absolute Gasteiger partial charge is 0.225 e. The van der Waals surface area contributed by atoms with Crippen molar-refractivity contribution in [2.75, 3.05) is 26.7 Å². The molecule has 0 spiro atoms.